The number of rotatable bonds is 2. The molecule has 1 aliphatic carbocycles. The maximum absolute atomic E-state index is 12.1. The van der Waals surface area contributed by atoms with Crippen molar-refractivity contribution in [3.8, 4) is 0 Å². The Bertz CT molecular complexity index is 1450. The molecule has 0 bridgehead atoms. The number of H-pyrrole nitrogens is 1. The van der Waals surface area contributed by atoms with Gasteiger partial charge >= 0.3 is 0 Å². The molecule has 0 aliphatic heterocycles. The number of carbonyl (C=O) groups is 1. The minimum Gasteiger partial charge on any atom is -0.388 e. The molecular formula is C34H34N2O2. The number of Topliss-reactive ketones (excluding diaryl/α,β-unsaturated/α-hetero) is 1. The lowest BCUT2D eigenvalue weighted by Gasteiger charge is -2.03. The summed E-state index contributed by atoms with van der Waals surface area (Å²) in [6, 6.07) is 34.6. The molecule has 1 aromatic heterocycles. The number of pyridine rings is 1. The fourth-order valence-corrected chi connectivity index (χ4v) is 3.81. The highest BCUT2D eigenvalue weighted by atomic mass is 16.1. The first kappa shape index (κ1) is 27.9. The molecule has 0 fully saturated rings. The van der Waals surface area contributed by atoms with E-state index in [9.17, 15) is 9.59 Å². The van der Waals surface area contributed by atoms with Crippen molar-refractivity contribution in [1.82, 2.24) is 4.98 Å². The number of aromatic nitrogens is 1. The monoisotopic (exact) mass is 502 g/mol. The van der Waals surface area contributed by atoms with Crippen LogP contribution in [0.5, 0.6) is 0 Å². The van der Waals surface area contributed by atoms with Gasteiger partial charge < -0.3 is 10.3 Å². The Kier molecular flexibility index (Phi) is 11.3. The van der Waals surface area contributed by atoms with Crippen LogP contribution in [0.4, 0.5) is 5.69 Å². The summed E-state index contributed by atoms with van der Waals surface area (Å²) in [7, 11) is 1.81. The number of aromatic amines is 1. The third kappa shape index (κ3) is 8.45. The number of nitrogens with one attached hydrogen (secondary N) is 2. The third-order valence-corrected chi connectivity index (χ3v) is 5.73. The molecule has 1 aliphatic rings. The van der Waals surface area contributed by atoms with Gasteiger partial charge in [0, 0.05) is 40.1 Å². The topological polar surface area (TPSA) is 62.0 Å². The van der Waals surface area contributed by atoms with Crippen molar-refractivity contribution >= 4 is 33.3 Å². The molecule has 4 heteroatoms. The second kappa shape index (κ2) is 15.4. The number of allylic oxidation sites excluding steroid dienone is 4. The molecule has 0 saturated carbocycles. The summed E-state index contributed by atoms with van der Waals surface area (Å²) >= 11 is 0. The summed E-state index contributed by atoms with van der Waals surface area (Å²) in [5.74, 6) is 0.0925. The highest BCUT2D eigenvalue weighted by Gasteiger charge is 2.03. The number of anilines is 1. The Morgan fingerprint density at radius 3 is 1.45 bits per heavy atom. The minimum absolute atomic E-state index is 0.0925. The fourth-order valence-electron chi connectivity index (χ4n) is 3.81. The summed E-state index contributed by atoms with van der Waals surface area (Å²) in [6.45, 7) is 1.57. The first-order chi connectivity index (χ1) is 18.6. The predicted octanol–water partition coefficient (Wildman–Crippen LogP) is 8.19. The van der Waals surface area contributed by atoms with Gasteiger partial charge in [-0.1, -0.05) is 97.1 Å². The summed E-state index contributed by atoms with van der Waals surface area (Å²) in [5, 5.41) is 4.45. The number of para-hydroxylation sites is 3. The Hall–Kier alpha value is -4.70. The van der Waals surface area contributed by atoms with Crippen LogP contribution in [-0.2, 0) is 0 Å². The van der Waals surface area contributed by atoms with Crippen molar-refractivity contribution in [1.29, 1.82) is 0 Å². The van der Waals surface area contributed by atoms with E-state index >= 15 is 0 Å². The average molecular weight is 503 g/mol. The lowest BCUT2D eigenvalue weighted by molar-refractivity contribution is 0.101. The smallest absolute Gasteiger partial charge is 0.197 e. The maximum atomic E-state index is 12.1. The lowest BCUT2D eigenvalue weighted by atomic mass is 10.1. The third-order valence-electron chi connectivity index (χ3n) is 5.73. The molecule has 38 heavy (non-hydrogen) atoms. The van der Waals surface area contributed by atoms with Crippen molar-refractivity contribution in [3.63, 3.8) is 0 Å². The summed E-state index contributed by atoms with van der Waals surface area (Å²) in [6.07, 6.45) is 11.0. The zero-order valence-electron chi connectivity index (χ0n) is 21.9. The van der Waals surface area contributed by atoms with Crippen molar-refractivity contribution in [3.05, 3.63) is 149 Å². The normalized spacial score (nSPS) is 11.2. The van der Waals surface area contributed by atoms with Gasteiger partial charge in [0.15, 0.2) is 11.2 Å². The molecule has 5 aromatic rings. The van der Waals surface area contributed by atoms with Gasteiger partial charge in [-0.15, -0.1) is 0 Å². The van der Waals surface area contributed by atoms with Crippen LogP contribution in [0.15, 0.2) is 138 Å². The van der Waals surface area contributed by atoms with E-state index in [1.54, 1.807) is 6.92 Å². The number of hydrogen-bond acceptors (Lipinski definition) is 3. The van der Waals surface area contributed by atoms with Crippen LogP contribution in [0, 0.1) is 0 Å². The van der Waals surface area contributed by atoms with Gasteiger partial charge in [0.1, 0.15) is 0 Å². The molecule has 192 valence electrons. The van der Waals surface area contributed by atoms with Crippen LogP contribution in [-0.4, -0.2) is 17.8 Å². The molecule has 0 spiro atoms. The largest absolute Gasteiger partial charge is 0.388 e. The molecule has 0 unspecified atom stereocenters. The zero-order valence-corrected chi connectivity index (χ0v) is 21.9. The summed E-state index contributed by atoms with van der Waals surface area (Å²) < 4.78 is 0. The first-order valence-electron chi connectivity index (χ1n) is 12.7. The van der Waals surface area contributed by atoms with Crippen LogP contribution >= 0.6 is 0 Å². The van der Waals surface area contributed by atoms with Crippen LogP contribution in [0.25, 0.3) is 21.8 Å². The van der Waals surface area contributed by atoms with Crippen LogP contribution < -0.4 is 10.7 Å². The number of ketones is 1. The van der Waals surface area contributed by atoms with Crippen LogP contribution in [0.2, 0.25) is 0 Å². The van der Waals surface area contributed by atoms with Crippen molar-refractivity contribution < 1.29 is 4.79 Å². The highest BCUT2D eigenvalue weighted by Crippen LogP contribution is 2.14. The molecule has 1 heterocycles. The molecule has 0 atom stereocenters. The molecule has 4 aromatic carbocycles. The van der Waals surface area contributed by atoms with E-state index in [1.807, 2.05) is 116 Å². The van der Waals surface area contributed by atoms with Gasteiger partial charge in [-0.05, 0) is 56.2 Å². The Labute approximate surface area is 224 Å². The lowest BCUT2D eigenvalue weighted by Crippen LogP contribution is -2.03. The Morgan fingerprint density at radius 2 is 1.05 bits per heavy atom. The van der Waals surface area contributed by atoms with Crippen molar-refractivity contribution in [2.24, 2.45) is 0 Å². The van der Waals surface area contributed by atoms with Gasteiger partial charge in [0.05, 0.1) is 0 Å². The van der Waals surface area contributed by atoms with E-state index in [-0.39, 0.29) is 11.2 Å². The highest BCUT2D eigenvalue weighted by molar-refractivity contribution is 5.99. The predicted molar refractivity (Wildman–Crippen MR) is 162 cm³/mol. The average Bonchev–Trinajstić information content (AvgIpc) is 3.00. The van der Waals surface area contributed by atoms with Gasteiger partial charge in [0.2, 0.25) is 0 Å². The molecule has 0 amide bonds. The van der Waals surface area contributed by atoms with E-state index in [4.69, 9.17) is 0 Å². The number of carbonyl (C=O) groups excluding carboxylic acids is 1. The van der Waals surface area contributed by atoms with Crippen molar-refractivity contribution in [2.75, 3.05) is 12.4 Å². The Morgan fingerprint density at radius 1 is 0.632 bits per heavy atom. The molecule has 2 N–H and O–H groups in total. The summed E-state index contributed by atoms with van der Waals surface area (Å²) in [5.41, 5.74) is 3.51. The van der Waals surface area contributed by atoms with E-state index in [0.29, 0.717) is 0 Å². The zero-order chi connectivity index (χ0) is 27.0. The fraction of sp³-hybridized carbons (Fsp3) is 0.118. The maximum Gasteiger partial charge on any atom is 0.197 e. The standard InChI is InChI=1S/C13H9NO.C9H11NO.C6H8.C6H6/c15-13-9-5-1-3-7-11(9)14-12-8-4-2-6-10(12)13;1-7(11)8-5-3-4-6-9(8)10-2;2*1-2-4-6-5-3-1/h1-8H,(H,14,15);3-6,10H,1-2H3;1-2,5-6H,3-4H2;1-6H. The van der Waals surface area contributed by atoms with Crippen LogP contribution in [0.3, 0.4) is 0 Å². The van der Waals surface area contributed by atoms with E-state index in [0.717, 1.165) is 45.9 Å². The second-order valence-electron chi connectivity index (χ2n) is 8.47. The molecule has 0 saturated heterocycles. The van der Waals surface area contributed by atoms with Crippen molar-refractivity contribution in [2.45, 2.75) is 19.8 Å². The van der Waals surface area contributed by atoms with E-state index < -0.39 is 0 Å². The quantitative estimate of drug-likeness (QED) is 0.145. The Balaban J connectivity index is 0.000000152. The van der Waals surface area contributed by atoms with Gasteiger partial charge in [-0.2, -0.15) is 0 Å². The molecule has 0 radical (unpaired) electrons. The molecular weight excluding hydrogens is 468 g/mol. The molecule has 4 nitrogen and oxygen atoms in total. The van der Waals surface area contributed by atoms with Gasteiger partial charge in [0.25, 0.3) is 0 Å². The van der Waals surface area contributed by atoms with Gasteiger partial charge in [-0.3, -0.25) is 9.59 Å². The first-order valence-corrected chi connectivity index (χ1v) is 12.7. The van der Waals surface area contributed by atoms with Gasteiger partial charge in [-0.25, -0.2) is 0 Å². The number of benzene rings is 4. The summed E-state index contributed by atoms with van der Waals surface area (Å²) in [4.78, 5) is 26.3. The van der Waals surface area contributed by atoms with E-state index in [2.05, 4.69) is 34.6 Å². The van der Waals surface area contributed by atoms with Crippen LogP contribution in [0.1, 0.15) is 30.1 Å². The minimum atomic E-state index is 0.0925. The van der Waals surface area contributed by atoms with E-state index in [1.165, 1.54) is 0 Å². The number of hydrogen-bond donors (Lipinski definition) is 2. The SMILES string of the molecule is C1=CCC=CC1.CNc1ccccc1C(C)=O.O=c1c2ccccc2[nH]c2ccccc12.c1ccccc1. The molecule has 6 rings (SSSR count). The number of fused-ring (bicyclic) bond motifs is 2. The second-order valence-corrected chi connectivity index (χ2v) is 8.47.